The van der Waals surface area contributed by atoms with Crippen molar-refractivity contribution >= 4 is 15.9 Å². The van der Waals surface area contributed by atoms with Crippen LogP contribution >= 0.6 is 15.9 Å². The Kier molecular flexibility index (Phi) is 4.65. The molecular weight excluding hydrogens is 322 g/mol. The molecular formula is C19H32BrN. The molecule has 1 saturated heterocycles. The van der Waals surface area contributed by atoms with Crippen molar-refractivity contribution < 1.29 is 0 Å². The molecule has 120 valence electrons. The van der Waals surface area contributed by atoms with Crippen LogP contribution in [0.4, 0.5) is 0 Å². The monoisotopic (exact) mass is 353 g/mol. The number of alkyl halides is 1. The molecule has 3 saturated carbocycles. The molecule has 0 N–H and O–H groups in total. The van der Waals surface area contributed by atoms with Gasteiger partial charge in [-0.1, -0.05) is 35.2 Å². The lowest BCUT2D eigenvalue weighted by Gasteiger charge is -2.47. The summed E-state index contributed by atoms with van der Waals surface area (Å²) in [6.45, 7) is 4.16. The average molecular weight is 354 g/mol. The van der Waals surface area contributed by atoms with Gasteiger partial charge in [-0.3, -0.25) is 0 Å². The van der Waals surface area contributed by atoms with E-state index in [9.17, 15) is 0 Å². The third-order valence-electron chi connectivity index (χ3n) is 7.56. The van der Waals surface area contributed by atoms with Gasteiger partial charge in [0.05, 0.1) is 0 Å². The number of piperidine rings is 1. The first-order chi connectivity index (χ1) is 10.4. The summed E-state index contributed by atoms with van der Waals surface area (Å²) < 4.78 is 0. The molecule has 0 radical (unpaired) electrons. The van der Waals surface area contributed by atoms with Crippen LogP contribution in [0.3, 0.4) is 0 Å². The van der Waals surface area contributed by atoms with Gasteiger partial charge in [-0.25, -0.2) is 0 Å². The van der Waals surface area contributed by atoms with Gasteiger partial charge >= 0.3 is 0 Å². The predicted octanol–water partition coefficient (Wildman–Crippen LogP) is 4.95. The van der Waals surface area contributed by atoms with E-state index in [2.05, 4.69) is 20.8 Å². The molecule has 2 heteroatoms. The van der Waals surface area contributed by atoms with Crippen molar-refractivity contribution in [2.75, 3.05) is 25.0 Å². The smallest absolute Gasteiger partial charge is 0.00434 e. The summed E-state index contributed by atoms with van der Waals surface area (Å²) in [5.74, 6) is 6.68. The van der Waals surface area contributed by atoms with E-state index >= 15 is 0 Å². The predicted molar refractivity (Wildman–Crippen MR) is 92.7 cm³/mol. The van der Waals surface area contributed by atoms with E-state index in [0.29, 0.717) is 0 Å². The molecule has 6 unspecified atom stereocenters. The van der Waals surface area contributed by atoms with Crippen molar-refractivity contribution in [3.63, 3.8) is 0 Å². The molecule has 4 rings (SSSR count). The Labute approximate surface area is 139 Å². The standard InChI is InChI=1S/C19H32BrN/c20-9-3-10-21-11-8-14-6-7-17-16-5-2-1-4-15(16)12-18(17)19(14)13-21/h14-19H,1-13H2. The third kappa shape index (κ3) is 2.84. The van der Waals surface area contributed by atoms with Crippen molar-refractivity contribution in [3.8, 4) is 0 Å². The van der Waals surface area contributed by atoms with Crippen LogP contribution in [0.2, 0.25) is 0 Å². The van der Waals surface area contributed by atoms with Crippen LogP contribution in [-0.2, 0) is 0 Å². The van der Waals surface area contributed by atoms with Gasteiger partial charge in [-0.15, -0.1) is 0 Å². The Bertz CT molecular complexity index is 357. The lowest BCUT2D eigenvalue weighted by molar-refractivity contribution is 0.0156. The van der Waals surface area contributed by atoms with E-state index in [0.717, 1.165) is 35.5 Å². The number of rotatable bonds is 3. The first-order valence-electron chi connectivity index (χ1n) is 9.65. The Hall–Kier alpha value is 0.440. The second-order valence-corrected chi connectivity index (χ2v) is 9.20. The van der Waals surface area contributed by atoms with Crippen LogP contribution in [0, 0.1) is 35.5 Å². The summed E-state index contributed by atoms with van der Waals surface area (Å²) in [6, 6.07) is 0. The van der Waals surface area contributed by atoms with Crippen LogP contribution in [0.25, 0.3) is 0 Å². The largest absolute Gasteiger partial charge is 0.303 e. The minimum Gasteiger partial charge on any atom is -0.303 e. The number of nitrogens with zero attached hydrogens (tertiary/aromatic N) is 1. The van der Waals surface area contributed by atoms with Gasteiger partial charge in [-0.05, 0) is 87.1 Å². The lowest BCUT2D eigenvalue weighted by atomic mass is 9.63. The van der Waals surface area contributed by atoms with E-state index in [1.54, 1.807) is 32.1 Å². The maximum absolute atomic E-state index is 3.60. The van der Waals surface area contributed by atoms with Gasteiger partial charge in [0, 0.05) is 11.9 Å². The molecule has 1 nitrogen and oxygen atoms in total. The van der Waals surface area contributed by atoms with Gasteiger partial charge in [0.15, 0.2) is 0 Å². The molecule has 4 aliphatic rings. The highest BCUT2D eigenvalue weighted by Crippen LogP contribution is 2.58. The molecule has 4 fully saturated rings. The van der Waals surface area contributed by atoms with Crippen molar-refractivity contribution in [1.29, 1.82) is 0 Å². The SMILES string of the molecule is BrCCCN1CCC2CCC3C4CCCCC4CC3C2C1. The molecule has 1 heterocycles. The highest BCUT2D eigenvalue weighted by Gasteiger charge is 2.51. The van der Waals surface area contributed by atoms with Crippen molar-refractivity contribution in [1.82, 2.24) is 4.90 Å². The quantitative estimate of drug-likeness (QED) is 0.649. The Morgan fingerprint density at radius 3 is 2.62 bits per heavy atom. The van der Waals surface area contributed by atoms with Gasteiger partial charge in [0.1, 0.15) is 0 Å². The molecule has 6 atom stereocenters. The van der Waals surface area contributed by atoms with E-state index < -0.39 is 0 Å². The summed E-state index contributed by atoms with van der Waals surface area (Å²) in [5.41, 5.74) is 0. The normalized spacial score (nSPS) is 46.7. The van der Waals surface area contributed by atoms with Crippen LogP contribution in [-0.4, -0.2) is 29.9 Å². The van der Waals surface area contributed by atoms with Gasteiger partial charge in [-0.2, -0.15) is 0 Å². The Morgan fingerprint density at radius 2 is 1.71 bits per heavy atom. The van der Waals surface area contributed by atoms with Crippen molar-refractivity contribution in [2.45, 2.75) is 57.8 Å². The van der Waals surface area contributed by atoms with Crippen LogP contribution < -0.4 is 0 Å². The minimum absolute atomic E-state index is 1.07. The minimum atomic E-state index is 1.07. The molecule has 0 aromatic heterocycles. The molecule has 0 bridgehead atoms. The fourth-order valence-electron chi connectivity index (χ4n) is 6.69. The van der Waals surface area contributed by atoms with Crippen LogP contribution in [0.1, 0.15) is 57.8 Å². The second kappa shape index (κ2) is 6.51. The Balaban J connectivity index is 1.45. The average Bonchev–Trinajstić information content (AvgIpc) is 2.92. The van der Waals surface area contributed by atoms with Gasteiger partial charge in [0.2, 0.25) is 0 Å². The molecule has 0 amide bonds. The zero-order valence-electron chi connectivity index (χ0n) is 13.5. The van der Waals surface area contributed by atoms with Crippen molar-refractivity contribution in [2.24, 2.45) is 35.5 Å². The molecule has 0 spiro atoms. The number of likely N-dealkylation sites (tertiary alicyclic amines) is 1. The van der Waals surface area contributed by atoms with Gasteiger partial charge in [0.25, 0.3) is 0 Å². The number of halogens is 1. The summed E-state index contributed by atoms with van der Waals surface area (Å²) in [4.78, 5) is 2.80. The number of hydrogen-bond donors (Lipinski definition) is 0. The van der Waals surface area contributed by atoms with Crippen LogP contribution in [0.15, 0.2) is 0 Å². The molecule has 0 aromatic carbocycles. The number of fused-ring (bicyclic) bond motifs is 5. The Morgan fingerprint density at radius 1 is 0.810 bits per heavy atom. The highest BCUT2D eigenvalue weighted by atomic mass is 79.9. The van der Waals surface area contributed by atoms with Gasteiger partial charge < -0.3 is 4.90 Å². The summed E-state index contributed by atoms with van der Waals surface area (Å²) in [5, 5.41) is 1.17. The van der Waals surface area contributed by atoms with E-state index in [1.807, 2.05) is 0 Å². The summed E-state index contributed by atoms with van der Waals surface area (Å²) >= 11 is 3.60. The molecule has 21 heavy (non-hydrogen) atoms. The van der Waals surface area contributed by atoms with Crippen molar-refractivity contribution in [3.05, 3.63) is 0 Å². The fourth-order valence-corrected chi connectivity index (χ4v) is 6.94. The maximum atomic E-state index is 3.60. The van der Waals surface area contributed by atoms with Crippen LogP contribution in [0.5, 0.6) is 0 Å². The second-order valence-electron chi connectivity index (χ2n) is 8.40. The first kappa shape index (κ1) is 15.0. The summed E-state index contributed by atoms with van der Waals surface area (Å²) in [6.07, 6.45) is 13.8. The first-order valence-corrected chi connectivity index (χ1v) is 10.8. The third-order valence-corrected chi connectivity index (χ3v) is 8.12. The zero-order valence-corrected chi connectivity index (χ0v) is 15.1. The van der Waals surface area contributed by atoms with E-state index in [1.165, 1.54) is 50.6 Å². The maximum Gasteiger partial charge on any atom is 0.00434 e. The lowest BCUT2D eigenvalue weighted by Crippen LogP contribution is -2.47. The molecule has 0 aromatic rings. The van der Waals surface area contributed by atoms with E-state index in [4.69, 9.17) is 0 Å². The molecule has 1 aliphatic heterocycles. The fraction of sp³-hybridized carbons (Fsp3) is 1.00. The summed E-state index contributed by atoms with van der Waals surface area (Å²) in [7, 11) is 0. The van der Waals surface area contributed by atoms with E-state index in [-0.39, 0.29) is 0 Å². The number of hydrogen-bond acceptors (Lipinski definition) is 1. The molecule has 3 aliphatic carbocycles. The zero-order chi connectivity index (χ0) is 14.2. The topological polar surface area (TPSA) is 3.24 Å². The highest BCUT2D eigenvalue weighted by molar-refractivity contribution is 9.09.